The largest absolute Gasteiger partial charge is 0.416 e. The monoisotopic (exact) mass is 336 g/mol. The lowest BCUT2D eigenvalue weighted by Crippen LogP contribution is -2.42. The van der Waals surface area contributed by atoms with Crippen molar-refractivity contribution in [2.24, 2.45) is 0 Å². The van der Waals surface area contributed by atoms with Gasteiger partial charge in [-0.15, -0.1) is 0 Å². The number of nitriles is 1. The summed E-state index contributed by atoms with van der Waals surface area (Å²) in [5.74, 6) is -2.85. The summed E-state index contributed by atoms with van der Waals surface area (Å²) in [7, 11) is 0. The molecule has 2 nitrogen and oxygen atoms in total. The van der Waals surface area contributed by atoms with Gasteiger partial charge < -0.3 is 0 Å². The van der Waals surface area contributed by atoms with Crippen LogP contribution in [0, 0.1) is 10.7 Å². The van der Waals surface area contributed by atoms with E-state index in [1.807, 2.05) is 0 Å². The SMILES string of the molecule is N#CSc1ccc(CN2CCCC(F)(F)C2)c(C(F)(F)F)c1. The van der Waals surface area contributed by atoms with Crippen molar-refractivity contribution in [3.8, 4) is 5.40 Å². The fourth-order valence-electron chi connectivity index (χ4n) is 2.50. The Morgan fingerprint density at radius 2 is 2.05 bits per heavy atom. The quantitative estimate of drug-likeness (QED) is 0.462. The van der Waals surface area contributed by atoms with E-state index in [4.69, 9.17) is 5.26 Å². The average molecular weight is 336 g/mol. The molecule has 1 aromatic rings. The summed E-state index contributed by atoms with van der Waals surface area (Å²) in [5, 5.41) is 10.3. The molecule has 1 saturated heterocycles. The minimum absolute atomic E-state index is 0.0486. The maximum absolute atomic E-state index is 13.4. The van der Waals surface area contributed by atoms with Crippen LogP contribution in [0.5, 0.6) is 0 Å². The lowest BCUT2D eigenvalue weighted by Gasteiger charge is -2.33. The van der Waals surface area contributed by atoms with E-state index in [0.29, 0.717) is 18.3 Å². The van der Waals surface area contributed by atoms with Gasteiger partial charge >= 0.3 is 6.18 Å². The minimum atomic E-state index is -4.58. The summed E-state index contributed by atoms with van der Waals surface area (Å²) in [6.45, 7) is -0.359. The zero-order valence-corrected chi connectivity index (χ0v) is 12.3. The number of hydrogen-bond acceptors (Lipinski definition) is 3. The Morgan fingerprint density at radius 1 is 1.32 bits per heavy atom. The standard InChI is InChI=1S/C14H13F5N2S/c15-13(16)4-1-5-21(8-13)7-10-2-3-11(22-9-20)6-12(10)14(17,18)19/h2-3,6H,1,4-5,7-8H2. The number of benzene rings is 1. The van der Waals surface area contributed by atoms with Crippen LogP contribution in [0.15, 0.2) is 23.1 Å². The predicted molar refractivity (Wildman–Crippen MR) is 72.4 cm³/mol. The Labute approximate surface area is 128 Å². The first-order valence-electron chi connectivity index (χ1n) is 6.57. The van der Waals surface area contributed by atoms with E-state index in [2.05, 4.69) is 0 Å². The molecule has 1 heterocycles. The topological polar surface area (TPSA) is 27.0 Å². The van der Waals surface area contributed by atoms with E-state index in [1.54, 1.807) is 5.40 Å². The van der Waals surface area contributed by atoms with E-state index < -0.39 is 24.2 Å². The number of likely N-dealkylation sites (tertiary alicyclic amines) is 1. The van der Waals surface area contributed by atoms with Crippen LogP contribution in [0.2, 0.25) is 0 Å². The fraction of sp³-hybridized carbons (Fsp3) is 0.500. The average Bonchev–Trinajstić information content (AvgIpc) is 2.38. The molecule has 1 aliphatic heterocycles. The van der Waals surface area contributed by atoms with Gasteiger partial charge in [-0.1, -0.05) is 6.07 Å². The van der Waals surface area contributed by atoms with Crippen molar-refractivity contribution >= 4 is 11.8 Å². The van der Waals surface area contributed by atoms with Gasteiger partial charge in [0.05, 0.1) is 12.1 Å². The summed E-state index contributed by atoms with van der Waals surface area (Å²) in [5.41, 5.74) is -0.922. The molecule has 1 fully saturated rings. The number of thioether (sulfide) groups is 1. The molecule has 0 spiro atoms. The molecule has 1 aliphatic rings. The van der Waals surface area contributed by atoms with Crippen LogP contribution < -0.4 is 0 Å². The van der Waals surface area contributed by atoms with E-state index in [0.717, 1.165) is 6.07 Å². The summed E-state index contributed by atoms with van der Waals surface area (Å²) in [6, 6.07) is 3.56. The van der Waals surface area contributed by atoms with E-state index in [-0.39, 0.29) is 29.8 Å². The summed E-state index contributed by atoms with van der Waals surface area (Å²) >= 11 is 0.632. The van der Waals surface area contributed by atoms with Crippen LogP contribution in [0.3, 0.4) is 0 Å². The van der Waals surface area contributed by atoms with E-state index in [9.17, 15) is 22.0 Å². The molecule has 0 N–H and O–H groups in total. The van der Waals surface area contributed by atoms with Gasteiger partial charge in [-0.05, 0) is 42.4 Å². The van der Waals surface area contributed by atoms with Crippen molar-refractivity contribution < 1.29 is 22.0 Å². The number of nitrogens with zero attached hydrogens (tertiary/aromatic N) is 2. The van der Waals surface area contributed by atoms with Crippen LogP contribution >= 0.6 is 11.8 Å². The molecular formula is C14H13F5N2S. The Kier molecular flexibility index (Phi) is 4.97. The van der Waals surface area contributed by atoms with Crippen LogP contribution in [0.4, 0.5) is 22.0 Å². The highest BCUT2D eigenvalue weighted by Gasteiger charge is 2.37. The van der Waals surface area contributed by atoms with Crippen LogP contribution in [0.1, 0.15) is 24.0 Å². The van der Waals surface area contributed by atoms with Gasteiger partial charge in [0, 0.05) is 17.9 Å². The number of hydrogen-bond donors (Lipinski definition) is 0. The number of alkyl halides is 5. The van der Waals surface area contributed by atoms with Gasteiger partial charge in [-0.2, -0.15) is 18.4 Å². The van der Waals surface area contributed by atoms with E-state index in [1.165, 1.54) is 17.0 Å². The second kappa shape index (κ2) is 6.42. The Morgan fingerprint density at radius 3 is 2.64 bits per heavy atom. The number of rotatable bonds is 3. The Hall–Kier alpha value is -1.33. The molecule has 0 bridgehead atoms. The van der Waals surface area contributed by atoms with Gasteiger partial charge in [0.25, 0.3) is 5.92 Å². The molecular weight excluding hydrogens is 323 g/mol. The summed E-state index contributed by atoms with van der Waals surface area (Å²) < 4.78 is 66.1. The summed E-state index contributed by atoms with van der Waals surface area (Å²) in [6.07, 6.45) is -4.55. The highest BCUT2D eigenvalue weighted by atomic mass is 32.2. The van der Waals surface area contributed by atoms with Crippen molar-refractivity contribution in [3.63, 3.8) is 0 Å². The second-order valence-corrected chi connectivity index (χ2v) is 6.04. The smallest absolute Gasteiger partial charge is 0.293 e. The first kappa shape index (κ1) is 17.0. The van der Waals surface area contributed by atoms with Gasteiger partial charge in [0.1, 0.15) is 5.40 Å². The van der Waals surface area contributed by atoms with Crippen LogP contribution in [0.25, 0.3) is 0 Å². The maximum Gasteiger partial charge on any atom is 0.416 e. The molecule has 0 amide bonds. The molecule has 0 atom stereocenters. The normalized spacial score (nSPS) is 18.9. The first-order valence-corrected chi connectivity index (χ1v) is 7.39. The van der Waals surface area contributed by atoms with Crippen LogP contribution in [-0.4, -0.2) is 23.9 Å². The van der Waals surface area contributed by atoms with Gasteiger partial charge in [-0.3, -0.25) is 4.90 Å². The third-order valence-corrected chi connectivity index (χ3v) is 4.00. The lowest BCUT2D eigenvalue weighted by atomic mass is 10.0. The van der Waals surface area contributed by atoms with E-state index >= 15 is 0 Å². The first-order chi connectivity index (χ1) is 10.2. The lowest BCUT2D eigenvalue weighted by molar-refractivity contribution is -0.138. The van der Waals surface area contributed by atoms with Crippen molar-refractivity contribution in [1.82, 2.24) is 4.90 Å². The molecule has 0 saturated carbocycles. The molecule has 1 aromatic carbocycles. The third-order valence-electron chi connectivity index (χ3n) is 3.42. The second-order valence-electron chi connectivity index (χ2n) is 5.18. The number of halogens is 5. The van der Waals surface area contributed by atoms with Crippen molar-refractivity contribution in [3.05, 3.63) is 29.3 Å². The molecule has 120 valence electrons. The number of thiocyanates is 1. The summed E-state index contributed by atoms with van der Waals surface area (Å²) in [4.78, 5) is 1.52. The Bertz CT molecular complexity index is 580. The third kappa shape index (κ3) is 4.34. The van der Waals surface area contributed by atoms with Gasteiger partial charge in [0.2, 0.25) is 0 Å². The highest BCUT2D eigenvalue weighted by Crippen LogP contribution is 2.36. The number of piperidine rings is 1. The minimum Gasteiger partial charge on any atom is -0.293 e. The van der Waals surface area contributed by atoms with Gasteiger partial charge in [-0.25, -0.2) is 8.78 Å². The van der Waals surface area contributed by atoms with Crippen molar-refractivity contribution in [1.29, 1.82) is 5.26 Å². The van der Waals surface area contributed by atoms with Gasteiger partial charge in [0.15, 0.2) is 0 Å². The van der Waals surface area contributed by atoms with Crippen molar-refractivity contribution in [2.75, 3.05) is 13.1 Å². The molecule has 22 heavy (non-hydrogen) atoms. The molecule has 0 aliphatic carbocycles. The Balaban J connectivity index is 2.25. The zero-order valence-electron chi connectivity index (χ0n) is 11.5. The molecule has 0 aromatic heterocycles. The maximum atomic E-state index is 13.4. The van der Waals surface area contributed by atoms with Crippen LogP contribution in [-0.2, 0) is 12.7 Å². The fourth-order valence-corrected chi connectivity index (χ4v) is 2.91. The van der Waals surface area contributed by atoms with Crippen molar-refractivity contribution in [2.45, 2.75) is 36.4 Å². The zero-order chi connectivity index (χ0) is 16.4. The highest BCUT2D eigenvalue weighted by molar-refractivity contribution is 8.03. The molecule has 0 radical (unpaired) electrons. The predicted octanol–water partition coefficient (Wildman–Crippen LogP) is 4.51. The molecule has 2 rings (SSSR count). The molecule has 8 heteroatoms. The molecule has 0 unspecified atom stereocenters.